The van der Waals surface area contributed by atoms with Gasteiger partial charge in [-0.25, -0.2) is 0 Å². The first-order valence-corrected chi connectivity index (χ1v) is 6.19. The van der Waals surface area contributed by atoms with E-state index in [0.717, 1.165) is 12.0 Å². The summed E-state index contributed by atoms with van der Waals surface area (Å²) in [6.45, 7) is 2.26. The summed E-state index contributed by atoms with van der Waals surface area (Å²) in [5, 5.41) is 2.77. The molecule has 98 valence electrons. The molecule has 0 aliphatic heterocycles. The van der Waals surface area contributed by atoms with Crippen LogP contribution < -0.4 is 10.9 Å². The quantitative estimate of drug-likeness (QED) is 0.873. The van der Waals surface area contributed by atoms with Crippen molar-refractivity contribution in [1.82, 2.24) is 10.3 Å². The van der Waals surface area contributed by atoms with Crippen LogP contribution in [0.5, 0.6) is 0 Å². The van der Waals surface area contributed by atoms with Crippen LogP contribution in [0.3, 0.4) is 0 Å². The Morgan fingerprint density at radius 3 is 2.63 bits per heavy atom. The number of carbonyl (C=O) groups excluding carboxylic acids is 1. The van der Waals surface area contributed by atoms with E-state index in [-0.39, 0.29) is 17.0 Å². The summed E-state index contributed by atoms with van der Waals surface area (Å²) in [6.07, 6.45) is 2.29. The standard InChI is InChI=1S/C15H16N2O2/c1-11-7-9-16-14(18)13(11)15(19)17-10-8-12-5-3-2-4-6-12/h2-7,9H,8,10H2,1H3,(H,16,18)(H,17,19). The molecule has 0 spiro atoms. The molecule has 0 fully saturated rings. The summed E-state index contributed by atoms with van der Waals surface area (Å²) in [4.78, 5) is 26.1. The highest BCUT2D eigenvalue weighted by atomic mass is 16.2. The Hall–Kier alpha value is -2.36. The number of hydrogen-bond acceptors (Lipinski definition) is 2. The van der Waals surface area contributed by atoms with Crippen LogP contribution in [0.4, 0.5) is 0 Å². The van der Waals surface area contributed by atoms with Gasteiger partial charge in [0.1, 0.15) is 5.56 Å². The Bertz CT molecular complexity index is 618. The summed E-state index contributed by atoms with van der Waals surface area (Å²) in [6, 6.07) is 11.6. The number of amides is 1. The molecule has 0 aliphatic carbocycles. The maximum Gasteiger partial charge on any atom is 0.261 e. The predicted octanol–water partition coefficient (Wildman–Crippen LogP) is 1.66. The van der Waals surface area contributed by atoms with Crippen molar-refractivity contribution in [1.29, 1.82) is 0 Å². The Morgan fingerprint density at radius 2 is 1.95 bits per heavy atom. The fourth-order valence-corrected chi connectivity index (χ4v) is 1.91. The van der Waals surface area contributed by atoms with Gasteiger partial charge in [-0.2, -0.15) is 0 Å². The van der Waals surface area contributed by atoms with Gasteiger partial charge in [0.25, 0.3) is 11.5 Å². The molecule has 1 heterocycles. The topological polar surface area (TPSA) is 62.0 Å². The summed E-state index contributed by atoms with van der Waals surface area (Å²) in [7, 11) is 0. The third-order valence-electron chi connectivity index (χ3n) is 2.94. The van der Waals surface area contributed by atoms with Gasteiger partial charge in [0.15, 0.2) is 0 Å². The van der Waals surface area contributed by atoms with Gasteiger partial charge >= 0.3 is 0 Å². The molecule has 0 bridgehead atoms. The SMILES string of the molecule is Cc1cc[nH]c(=O)c1C(=O)NCCc1ccccc1. The molecule has 2 rings (SSSR count). The minimum absolute atomic E-state index is 0.190. The first kappa shape index (κ1) is 13.1. The molecule has 4 heteroatoms. The lowest BCUT2D eigenvalue weighted by Gasteiger charge is -2.06. The fraction of sp³-hybridized carbons (Fsp3) is 0.200. The van der Waals surface area contributed by atoms with Crippen LogP contribution in [0.2, 0.25) is 0 Å². The van der Waals surface area contributed by atoms with Crippen molar-refractivity contribution in [2.75, 3.05) is 6.54 Å². The van der Waals surface area contributed by atoms with Gasteiger partial charge in [-0.05, 0) is 30.5 Å². The molecule has 1 aromatic heterocycles. The first-order chi connectivity index (χ1) is 9.18. The minimum Gasteiger partial charge on any atom is -0.352 e. The molecular weight excluding hydrogens is 240 g/mol. The second-order valence-electron chi connectivity index (χ2n) is 4.36. The molecular formula is C15H16N2O2. The molecule has 1 amide bonds. The van der Waals surface area contributed by atoms with Crippen LogP contribution in [-0.2, 0) is 6.42 Å². The summed E-state index contributed by atoms with van der Waals surface area (Å²) < 4.78 is 0. The molecule has 1 aromatic carbocycles. The minimum atomic E-state index is -0.350. The highest BCUT2D eigenvalue weighted by Gasteiger charge is 2.12. The second-order valence-corrected chi connectivity index (χ2v) is 4.36. The number of hydrogen-bond donors (Lipinski definition) is 2. The maximum atomic E-state index is 11.9. The van der Waals surface area contributed by atoms with Crippen LogP contribution in [0.1, 0.15) is 21.5 Å². The van der Waals surface area contributed by atoms with Crippen molar-refractivity contribution < 1.29 is 4.79 Å². The zero-order valence-corrected chi connectivity index (χ0v) is 10.8. The molecule has 0 atom stereocenters. The Labute approximate surface area is 111 Å². The van der Waals surface area contributed by atoms with Gasteiger partial charge in [-0.15, -0.1) is 0 Å². The van der Waals surface area contributed by atoms with Crippen LogP contribution >= 0.6 is 0 Å². The van der Waals surface area contributed by atoms with Gasteiger partial charge in [0, 0.05) is 12.7 Å². The predicted molar refractivity (Wildman–Crippen MR) is 74.3 cm³/mol. The van der Waals surface area contributed by atoms with Gasteiger partial charge in [-0.3, -0.25) is 9.59 Å². The zero-order valence-electron chi connectivity index (χ0n) is 10.8. The Morgan fingerprint density at radius 1 is 1.21 bits per heavy atom. The van der Waals surface area contributed by atoms with E-state index in [1.165, 1.54) is 0 Å². The molecule has 4 nitrogen and oxygen atoms in total. The number of aryl methyl sites for hydroxylation is 1. The van der Waals surface area contributed by atoms with E-state index in [0.29, 0.717) is 12.1 Å². The second kappa shape index (κ2) is 6.00. The third kappa shape index (κ3) is 3.31. The van der Waals surface area contributed by atoms with E-state index in [1.807, 2.05) is 30.3 Å². The molecule has 19 heavy (non-hydrogen) atoms. The van der Waals surface area contributed by atoms with Crippen LogP contribution in [0.15, 0.2) is 47.4 Å². The van der Waals surface area contributed by atoms with E-state index in [1.54, 1.807) is 19.2 Å². The number of aromatic amines is 1. The van der Waals surface area contributed by atoms with Gasteiger partial charge in [0.2, 0.25) is 0 Å². The van der Waals surface area contributed by atoms with Crippen LogP contribution in [-0.4, -0.2) is 17.4 Å². The fourth-order valence-electron chi connectivity index (χ4n) is 1.91. The number of aromatic nitrogens is 1. The normalized spacial score (nSPS) is 10.2. The smallest absolute Gasteiger partial charge is 0.261 e. The number of pyridine rings is 1. The number of nitrogens with one attached hydrogen (secondary N) is 2. The number of carbonyl (C=O) groups is 1. The average molecular weight is 256 g/mol. The molecule has 0 aliphatic rings. The Balaban J connectivity index is 1.97. The lowest BCUT2D eigenvalue weighted by atomic mass is 10.1. The molecule has 0 radical (unpaired) electrons. The molecule has 0 unspecified atom stereocenters. The van der Waals surface area contributed by atoms with Gasteiger partial charge in [-0.1, -0.05) is 30.3 Å². The lowest BCUT2D eigenvalue weighted by Crippen LogP contribution is -2.31. The van der Waals surface area contributed by atoms with E-state index in [9.17, 15) is 9.59 Å². The molecule has 2 aromatic rings. The van der Waals surface area contributed by atoms with Crippen molar-refractivity contribution in [3.63, 3.8) is 0 Å². The number of rotatable bonds is 4. The van der Waals surface area contributed by atoms with Crippen LogP contribution in [0.25, 0.3) is 0 Å². The monoisotopic (exact) mass is 256 g/mol. The highest BCUT2D eigenvalue weighted by molar-refractivity contribution is 5.95. The number of H-pyrrole nitrogens is 1. The average Bonchev–Trinajstić information content (AvgIpc) is 2.40. The van der Waals surface area contributed by atoms with E-state index >= 15 is 0 Å². The molecule has 0 saturated heterocycles. The first-order valence-electron chi connectivity index (χ1n) is 6.19. The van der Waals surface area contributed by atoms with Gasteiger partial charge < -0.3 is 10.3 Å². The van der Waals surface area contributed by atoms with Crippen LogP contribution in [0, 0.1) is 6.92 Å². The summed E-state index contributed by atoms with van der Waals surface area (Å²) in [5.74, 6) is -0.324. The molecule has 2 N–H and O–H groups in total. The number of benzene rings is 1. The Kier molecular flexibility index (Phi) is 4.13. The third-order valence-corrected chi connectivity index (χ3v) is 2.94. The van der Waals surface area contributed by atoms with Crippen molar-refractivity contribution in [3.8, 4) is 0 Å². The largest absolute Gasteiger partial charge is 0.352 e. The lowest BCUT2D eigenvalue weighted by molar-refractivity contribution is 0.0952. The van der Waals surface area contributed by atoms with Crippen molar-refractivity contribution in [2.24, 2.45) is 0 Å². The maximum absolute atomic E-state index is 11.9. The molecule has 0 saturated carbocycles. The summed E-state index contributed by atoms with van der Waals surface area (Å²) >= 11 is 0. The van der Waals surface area contributed by atoms with E-state index in [4.69, 9.17) is 0 Å². The van der Waals surface area contributed by atoms with Gasteiger partial charge in [0.05, 0.1) is 0 Å². The van der Waals surface area contributed by atoms with E-state index < -0.39 is 0 Å². The highest BCUT2D eigenvalue weighted by Crippen LogP contribution is 2.01. The summed E-state index contributed by atoms with van der Waals surface area (Å²) in [5.41, 5.74) is 1.68. The van der Waals surface area contributed by atoms with Crippen molar-refractivity contribution >= 4 is 5.91 Å². The van der Waals surface area contributed by atoms with Crippen molar-refractivity contribution in [3.05, 3.63) is 69.6 Å². The van der Waals surface area contributed by atoms with E-state index in [2.05, 4.69) is 10.3 Å². The zero-order chi connectivity index (χ0) is 13.7. The van der Waals surface area contributed by atoms with Crippen molar-refractivity contribution in [2.45, 2.75) is 13.3 Å².